The second-order valence-electron chi connectivity index (χ2n) is 7.45. The van der Waals surface area contributed by atoms with Crippen LogP contribution in [0, 0.1) is 0 Å². The van der Waals surface area contributed by atoms with Gasteiger partial charge in [-0.2, -0.15) is 9.61 Å². The molecule has 2 aromatic rings. The third-order valence-electron chi connectivity index (χ3n) is 4.04. The molecule has 1 aliphatic heterocycles. The van der Waals surface area contributed by atoms with Crippen molar-refractivity contribution in [2.75, 3.05) is 25.2 Å². The Morgan fingerprint density at radius 1 is 1.43 bits per heavy atom. The monoisotopic (exact) mass is 411 g/mol. The van der Waals surface area contributed by atoms with Gasteiger partial charge in [0.1, 0.15) is 22.1 Å². The predicted octanol–water partition coefficient (Wildman–Crippen LogP) is 1.24. The first-order chi connectivity index (χ1) is 13.1. The molecular formula is C17H22ClN5O5. The Morgan fingerprint density at radius 3 is 2.75 bits per heavy atom. The van der Waals surface area contributed by atoms with Crippen LogP contribution in [0.5, 0.6) is 0 Å². The molecule has 10 nitrogen and oxygen atoms in total. The number of amides is 2. The van der Waals surface area contributed by atoms with Crippen molar-refractivity contribution in [1.82, 2.24) is 19.9 Å². The van der Waals surface area contributed by atoms with Gasteiger partial charge in [0, 0.05) is 13.1 Å². The van der Waals surface area contributed by atoms with Crippen molar-refractivity contribution in [3.8, 4) is 0 Å². The van der Waals surface area contributed by atoms with E-state index in [-0.39, 0.29) is 35.4 Å². The molecule has 0 bridgehead atoms. The number of nitrogens with one attached hydrogen (secondary N) is 1. The summed E-state index contributed by atoms with van der Waals surface area (Å²) in [4.78, 5) is 30.4. The Labute approximate surface area is 166 Å². The van der Waals surface area contributed by atoms with Gasteiger partial charge in [-0.15, -0.1) is 0 Å². The van der Waals surface area contributed by atoms with E-state index in [1.54, 1.807) is 20.8 Å². The molecule has 0 saturated carbocycles. The summed E-state index contributed by atoms with van der Waals surface area (Å²) in [6.07, 6.45) is -0.0669. The smallest absolute Gasteiger partial charge is 0.415 e. The number of carbonyl (C=O) groups is 2. The molecule has 0 aromatic carbocycles. The zero-order valence-electron chi connectivity index (χ0n) is 16.0. The Hall–Kier alpha value is -2.43. The Kier molecular flexibility index (Phi) is 5.46. The molecule has 1 saturated heterocycles. The van der Waals surface area contributed by atoms with E-state index in [1.165, 1.54) is 28.7 Å². The van der Waals surface area contributed by atoms with Crippen molar-refractivity contribution in [2.45, 2.75) is 38.5 Å². The molecule has 0 aliphatic carbocycles. The molecule has 2 aromatic heterocycles. The Bertz CT molecular complexity index is 909. The summed E-state index contributed by atoms with van der Waals surface area (Å²) in [7, 11) is 1.51. The number of hydrogen-bond donors (Lipinski definition) is 2. The first-order valence-electron chi connectivity index (χ1n) is 8.64. The summed E-state index contributed by atoms with van der Waals surface area (Å²) >= 11 is 6.11. The fraction of sp³-hybridized carbons (Fsp3) is 0.529. The molecule has 2 amide bonds. The fourth-order valence-electron chi connectivity index (χ4n) is 2.67. The number of halogens is 1. The summed E-state index contributed by atoms with van der Waals surface area (Å²) in [5, 5.41) is 16.7. The van der Waals surface area contributed by atoms with Crippen LogP contribution in [0.25, 0.3) is 5.65 Å². The number of hydrogen-bond acceptors (Lipinski definition) is 7. The number of fused-ring (bicyclic) bond motifs is 1. The van der Waals surface area contributed by atoms with Crippen molar-refractivity contribution in [2.24, 2.45) is 0 Å². The van der Waals surface area contributed by atoms with Crippen LogP contribution >= 0.6 is 11.6 Å². The largest absolute Gasteiger partial charge is 0.443 e. The minimum Gasteiger partial charge on any atom is -0.443 e. The summed E-state index contributed by atoms with van der Waals surface area (Å²) < 4.78 is 11.8. The molecule has 28 heavy (non-hydrogen) atoms. The molecule has 3 heterocycles. The van der Waals surface area contributed by atoms with Crippen LogP contribution in [-0.2, 0) is 9.47 Å². The van der Waals surface area contributed by atoms with Gasteiger partial charge in [0.15, 0.2) is 5.65 Å². The van der Waals surface area contributed by atoms with Crippen LogP contribution in [0.1, 0.15) is 31.1 Å². The van der Waals surface area contributed by atoms with E-state index in [2.05, 4.69) is 15.4 Å². The van der Waals surface area contributed by atoms with Gasteiger partial charge in [-0.25, -0.2) is 9.78 Å². The molecule has 3 rings (SSSR count). The highest BCUT2D eigenvalue weighted by Gasteiger charge is 2.30. The summed E-state index contributed by atoms with van der Waals surface area (Å²) in [6, 6.07) is 0.924. The third kappa shape index (κ3) is 4.18. The molecular weight excluding hydrogens is 390 g/mol. The molecule has 11 heteroatoms. The minimum atomic E-state index is -0.781. The van der Waals surface area contributed by atoms with Crippen LogP contribution in [0.2, 0.25) is 5.15 Å². The van der Waals surface area contributed by atoms with Crippen LogP contribution in [0.4, 0.5) is 10.6 Å². The second kappa shape index (κ2) is 7.53. The normalized spacial score (nSPS) is 19.6. The molecule has 0 radical (unpaired) electrons. The summed E-state index contributed by atoms with van der Waals surface area (Å²) in [5.74, 6) is -0.197. The number of carbonyl (C=O) groups excluding carboxylic acids is 2. The van der Waals surface area contributed by atoms with Crippen molar-refractivity contribution >= 4 is 35.1 Å². The molecule has 1 aliphatic rings. The van der Waals surface area contributed by atoms with E-state index >= 15 is 0 Å². The number of anilines is 1. The zero-order chi connectivity index (χ0) is 20.6. The summed E-state index contributed by atoms with van der Waals surface area (Å²) in [5.41, 5.74) is -0.357. The van der Waals surface area contributed by atoms with Crippen LogP contribution < -0.4 is 10.2 Å². The van der Waals surface area contributed by atoms with Gasteiger partial charge in [0.05, 0.1) is 31.6 Å². The average Bonchev–Trinajstić information content (AvgIpc) is 3.18. The average molecular weight is 412 g/mol. The lowest BCUT2D eigenvalue weighted by Crippen LogP contribution is -2.42. The first kappa shape index (κ1) is 20.3. The van der Waals surface area contributed by atoms with Gasteiger partial charge in [0.2, 0.25) is 0 Å². The number of nitrogens with zero attached hydrogens (tertiary/aromatic N) is 4. The lowest BCUT2D eigenvalue weighted by molar-refractivity contribution is 0.0587. The first-order valence-corrected chi connectivity index (χ1v) is 9.02. The highest BCUT2D eigenvalue weighted by molar-refractivity contribution is 6.30. The van der Waals surface area contributed by atoms with Gasteiger partial charge in [-0.1, -0.05) is 11.6 Å². The lowest BCUT2D eigenvalue weighted by atomic mass is 10.2. The lowest BCUT2D eigenvalue weighted by Gasteiger charge is -2.24. The number of aromatic nitrogens is 3. The Balaban J connectivity index is 1.92. The van der Waals surface area contributed by atoms with E-state index in [0.29, 0.717) is 0 Å². The van der Waals surface area contributed by atoms with Crippen molar-refractivity contribution in [3.05, 3.63) is 23.0 Å². The maximum atomic E-state index is 12.6. The van der Waals surface area contributed by atoms with Crippen LogP contribution in [-0.4, -0.2) is 69.7 Å². The zero-order valence-corrected chi connectivity index (χ0v) is 16.7. The third-order valence-corrected chi connectivity index (χ3v) is 4.24. The number of aliphatic hydroxyl groups is 1. The quantitative estimate of drug-likeness (QED) is 0.729. The second-order valence-corrected chi connectivity index (χ2v) is 7.84. The topological polar surface area (TPSA) is 118 Å². The van der Waals surface area contributed by atoms with Crippen LogP contribution in [0.15, 0.2) is 12.3 Å². The molecule has 152 valence electrons. The van der Waals surface area contributed by atoms with Crippen molar-refractivity contribution in [1.29, 1.82) is 0 Å². The van der Waals surface area contributed by atoms with E-state index in [9.17, 15) is 14.7 Å². The molecule has 2 N–H and O–H groups in total. The maximum Gasteiger partial charge on any atom is 0.415 e. The standard InChI is InChI=1S/C17H22ClN5O5/c1-17(2,3)28-16(26)22(4)13-5-12(18)21-14-9(6-19-23(13)14)15(25)20-10-7-27-8-11(10)24/h5-6,10-11,24H,7-8H2,1-4H3,(H,20,25)/t10-,11?/m0/s1. The molecule has 1 fully saturated rings. The minimum absolute atomic E-state index is 0.0803. The van der Waals surface area contributed by atoms with Gasteiger partial charge in [0.25, 0.3) is 5.91 Å². The van der Waals surface area contributed by atoms with Gasteiger partial charge >= 0.3 is 6.09 Å². The SMILES string of the molecule is CN(C(=O)OC(C)(C)C)c1cc(Cl)nc2c(C(=O)N[C@H]3COCC3O)cnn12. The number of rotatable bonds is 3. The van der Waals surface area contributed by atoms with E-state index < -0.39 is 29.7 Å². The molecule has 2 atom stereocenters. The molecule has 0 spiro atoms. The van der Waals surface area contributed by atoms with E-state index in [4.69, 9.17) is 21.1 Å². The van der Waals surface area contributed by atoms with Gasteiger partial charge in [-0.05, 0) is 20.8 Å². The van der Waals surface area contributed by atoms with Gasteiger partial charge in [-0.3, -0.25) is 9.69 Å². The fourth-order valence-corrected chi connectivity index (χ4v) is 2.85. The predicted molar refractivity (Wildman–Crippen MR) is 101 cm³/mol. The van der Waals surface area contributed by atoms with E-state index in [1.807, 2.05) is 0 Å². The highest BCUT2D eigenvalue weighted by atomic mass is 35.5. The van der Waals surface area contributed by atoms with E-state index in [0.717, 1.165) is 0 Å². The highest BCUT2D eigenvalue weighted by Crippen LogP contribution is 2.23. The molecule has 1 unspecified atom stereocenters. The van der Waals surface area contributed by atoms with Crippen molar-refractivity contribution in [3.63, 3.8) is 0 Å². The maximum absolute atomic E-state index is 12.6. The van der Waals surface area contributed by atoms with Crippen LogP contribution in [0.3, 0.4) is 0 Å². The Morgan fingerprint density at radius 2 is 2.14 bits per heavy atom. The number of aliphatic hydroxyl groups excluding tert-OH is 1. The number of ether oxygens (including phenoxy) is 2. The van der Waals surface area contributed by atoms with Crippen molar-refractivity contribution < 1.29 is 24.2 Å². The summed E-state index contributed by atoms with van der Waals surface area (Å²) in [6.45, 7) is 5.64. The van der Waals surface area contributed by atoms with Gasteiger partial charge < -0.3 is 19.9 Å².